The molecule has 2 heterocycles. The summed E-state index contributed by atoms with van der Waals surface area (Å²) in [4.78, 5) is 4.02. The minimum atomic E-state index is 0.313. The van der Waals surface area contributed by atoms with Gasteiger partial charge in [0.25, 0.3) is 0 Å². The maximum absolute atomic E-state index is 5.49. The highest BCUT2D eigenvalue weighted by molar-refractivity contribution is 5.67. The number of ether oxygens (including phenoxy) is 2. The maximum Gasteiger partial charge on any atom is 0.213 e. The normalized spacial score (nSPS) is 10.1. The zero-order valence-corrected chi connectivity index (χ0v) is 8.93. The molecule has 2 aromatic rings. The van der Waals surface area contributed by atoms with Gasteiger partial charge in [0.15, 0.2) is 11.6 Å². The van der Waals surface area contributed by atoms with E-state index in [-0.39, 0.29) is 0 Å². The van der Waals surface area contributed by atoms with E-state index >= 15 is 0 Å². The Morgan fingerprint density at radius 1 is 1.25 bits per heavy atom. The molecule has 2 aromatic heterocycles. The Labute approximate surface area is 92.0 Å². The second kappa shape index (κ2) is 4.09. The van der Waals surface area contributed by atoms with Gasteiger partial charge in [0.2, 0.25) is 5.88 Å². The SMILES string of the molecule is COc1cc(-c2cc(N)no2)c(OC)cn1. The molecule has 0 spiro atoms. The van der Waals surface area contributed by atoms with Crippen LogP contribution in [-0.2, 0) is 0 Å². The van der Waals surface area contributed by atoms with Crippen LogP contribution in [0.2, 0.25) is 0 Å². The maximum atomic E-state index is 5.49. The van der Waals surface area contributed by atoms with Crippen LogP contribution in [0.3, 0.4) is 0 Å². The Hall–Kier alpha value is -2.24. The van der Waals surface area contributed by atoms with E-state index in [1.807, 2.05) is 0 Å². The van der Waals surface area contributed by atoms with Crippen molar-refractivity contribution in [1.82, 2.24) is 10.1 Å². The molecule has 6 heteroatoms. The van der Waals surface area contributed by atoms with Crippen LogP contribution in [0.1, 0.15) is 0 Å². The average molecular weight is 221 g/mol. The van der Waals surface area contributed by atoms with Gasteiger partial charge in [-0.1, -0.05) is 5.16 Å². The van der Waals surface area contributed by atoms with Gasteiger partial charge in [-0.2, -0.15) is 0 Å². The average Bonchev–Trinajstić information content (AvgIpc) is 2.75. The van der Waals surface area contributed by atoms with Crippen LogP contribution in [0.15, 0.2) is 22.9 Å². The van der Waals surface area contributed by atoms with Crippen molar-refractivity contribution < 1.29 is 14.0 Å². The number of rotatable bonds is 3. The topological polar surface area (TPSA) is 83.4 Å². The molecule has 0 saturated heterocycles. The largest absolute Gasteiger partial charge is 0.494 e. The van der Waals surface area contributed by atoms with Crippen LogP contribution in [0.5, 0.6) is 11.6 Å². The minimum Gasteiger partial charge on any atom is -0.494 e. The van der Waals surface area contributed by atoms with E-state index in [4.69, 9.17) is 19.7 Å². The highest BCUT2D eigenvalue weighted by Crippen LogP contribution is 2.32. The van der Waals surface area contributed by atoms with Gasteiger partial charge in [0.1, 0.15) is 5.75 Å². The zero-order chi connectivity index (χ0) is 11.5. The van der Waals surface area contributed by atoms with Crippen LogP contribution in [0, 0.1) is 0 Å². The highest BCUT2D eigenvalue weighted by Gasteiger charge is 2.13. The predicted molar refractivity (Wildman–Crippen MR) is 57.3 cm³/mol. The summed E-state index contributed by atoms with van der Waals surface area (Å²) < 4.78 is 15.2. The molecule has 0 saturated carbocycles. The summed E-state index contributed by atoms with van der Waals surface area (Å²) in [6.45, 7) is 0. The molecule has 16 heavy (non-hydrogen) atoms. The number of anilines is 1. The lowest BCUT2D eigenvalue weighted by Crippen LogP contribution is -1.92. The van der Waals surface area contributed by atoms with Gasteiger partial charge < -0.3 is 19.7 Å². The summed E-state index contributed by atoms with van der Waals surface area (Å²) in [5.74, 6) is 1.85. The number of aromatic nitrogens is 2. The van der Waals surface area contributed by atoms with Crippen molar-refractivity contribution in [2.24, 2.45) is 0 Å². The van der Waals surface area contributed by atoms with E-state index < -0.39 is 0 Å². The van der Waals surface area contributed by atoms with Crippen molar-refractivity contribution in [2.75, 3.05) is 20.0 Å². The van der Waals surface area contributed by atoms with E-state index in [0.29, 0.717) is 28.8 Å². The summed E-state index contributed by atoms with van der Waals surface area (Å²) in [6, 6.07) is 3.30. The van der Waals surface area contributed by atoms with Crippen molar-refractivity contribution in [2.45, 2.75) is 0 Å². The van der Waals surface area contributed by atoms with Crippen LogP contribution in [0.25, 0.3) is 11.3 Å². The van der Waals surface area contributed by atoms with Gasteiger partial charge in [0.05, 0.1) is 26.0 Å². The summed E-state index contributed by atoms with van der Waals surface area (Å²) in [7, 11) is 3.08. The van der Waals surface area contributed by atoms with E-state index in [1.165, 1.54) is 7.11 Å². The number of nitrogens with two attached hydrogens (primary N) is 1. The summed E-state index contributed by atoms with van der Waals surface area (Å²) in [5, 5.41) is 3.61. The number of nitrogens with zero attached hydrogens (tertiary/aromatic N) is 2. The molecule has 0 aliphatic carbocycles. The van der Waals surface area contributed by atoms with Gasteiger partial charge in [-0.3, -0.25) is 0 Å². The molecular formula is C10H11N3O3. The molecule has 0 aliphatic rings. The fraction of sp³-hybridized carbons (Fsp3) is 0.200. The summed E-state index contributed by atoms with van der Waals surface area (Å²) in [6.07, 6.45) is 1.55. The quantitative estimate of drug-likeness (QED) is 0.841. The standard InChI is InChI=1S/C10H11N3O3/c1-14-8-5-12-10(15-2)3-6(8)7-4-9(11)13-16-7/h3-5H,1-2H3,(H2,11,13). The van der Waals surface area contributed by atoms with Gasteiger partial charge in [-0.05, 0) is 0 Å². The third-order valence-corrected chi connectivity index (χ3v) is 2.07. The fourth-order valence-electron chi connectivity index (χ4n) is 1.31. The number of methoxy groups -OCH3 is 2. The Balaban J connectivity index is 2.52. The molecule has 2 N–H and O–H groups in total. The van der Waals surface area contributed by atoms with Gasteiger partial charge >= 0.3 is 0 Å². The van der Waals surface area contributed by atoms with Gasteiger partial charge in [-0.25, -0.2) is 4.98 Å². The van der Waals surface area contributed by atoms with E-state index in [2.05, 4.69) is 10.1 Å². The molecule has 0 bridgehead atoms. The molecule has 84 valence electrons. The lowest BCUT2D eigenvalue weighted by Gasteiger charge is -2.06. The Bertz CT molecular complexity index is 496. The first-order chi connectivity index (χ1) is 7.74. The molecule has 0 aliphatic heterocycles. The molecule has 0 radical (unpaired) electrons. The monoisotopic (exact) mass is 221 g/mol. The van der Waals surface area contributed by atoms with Crippen molar-refractivity contribution in [3.63, 3.8) is 0 Å². The zero-order valence-electron chi connectivity index (χ0n) is 8.93. The Kier molecular flexibility index (Phi) is 2.63. The number of hydrogen-bond donors (Lipinski definition) is 1. The predicted octanol–water partition coefficient (Wildman–Crippen LogP) is 1.34. The molecule has 0 atom stereocenters. The second-order valence-corrected chi connectivity index (χ2v) is 3.04. The molecule has 0 aromatic carbocycles. The first kappa shape index (κ1) is 10.3. The fourth-order valence-corrected chi connectivity index (χ4v) is 1.31. The molecule has 0 unspecified atom stereocenters. The smallest absolute Gasteiger partial charge is 0.213 e. The lowest BCUT2D eigenvalue weighted by atomic mass is 10.2. The van der Waals surface area contributed by atoms with Crippen molar-refractivity contribution in [3.05, 3.63) is 18.3 Å². The van der Waals surface area contributed by atoms with E-state index in [1.54, 1.807) is 25.4 Å². The summed E-state index contributed by atoms with van der Waals surface area (Å²) in [5.41, 5.74) is 6.18. The highest BCUT2D eigenvalue weighted by atomic mass is 16.5. The first-order valence-electron chi connectivity index (χ1n) is 4.55. The van der Waals surface area contributed by atoms with Crippen LogP contribution in [0.4, 0.5) is 5.82 Å². The molecular weight excluding hydrogens is 210 g/mol. The van der Waals surface area contributed by atoms with Crippen molar-refractivity contribution >= 4 is 5.82 Å². The Morgan fingerprint density at radius 2 is 2.06 bits per heavy atom. The number of pyridine rings is 1. The molecule has 2 rings (SSSR count). The lowest BCUT2D eigenvalue weighted by molar-refractivity contribution is 0.385. The van der Waals surface area contributed by atoms with Crippen molar-refractivity contribution in [1.29, 1.82) is 0 Å². The second-order valence-electron chi connectivity index (χ2n) is 3.04. The molecule has 0 fully saturated rings. The summed E-state index contributed by atoms with van der Waals surface area (Å²) >= 11 is 0. The van der Waals surface area contributed by atoms with Gasteiger partial charge in [-0.15, -0.1) is 0 Å². The third-order valence-electron chi connectivity index (χ3n) is 2.07. The Morgan fingerprint density at radius 3 is 2.62 bits per heavy atom. The minimum absolute atomic E-state index is 0.313. The van der Waals surface area contributed by atoms with Crippen LogP contribution >= 0.6 is 0 Å². The van der Waals surface area contributed by atoms with Crippen LogP contribution in [-0.4, -0.2) is 24.4 Å². The van der Waals surface area contributed by atoms with Gasteiger partial charge in [0, 0.05) is 12.1 Å². The number of hydrogen-bond acceptors (Lipinski definition) is 6. The van der Waals surface area contributed by atoms with Crippen LogP contribution < -0.4 is 15.2 Å². The van der Waals surface area contributed by atoms with E-state index in [0.717, 1.165) is 0 Å². The first-order valence-corrected chi connectivity index (χ1v) is 4.55. The van der Waals surface area contributed by atoms with E-state index in [9.17, 15) is 0 Å². The van der Waals surface area contributed by atoms with Crippen molar-refractivity contribution in [3.8, 4) is 23.0 Å². The third kappa shape index (κ3) is 1.77. The number of nitrogen functional groups attached to an aromatic ring is 1. The molecule has 6 nitrogen and oxygen atoms in total. The molecule has 0 amide bonds.